The number of hydrogen-bond acceptors (Lipinski definition) is 7. The molecule has 192 valence electrons. The highest BCUT2D eigenvalue weighted by Gasteiger charge is 2.27. The highest BCUT2D eigenvalue weighted by atomic mass is 35.5. The summed E-state index contributed by atoms with van der Waals surface area (Å²) in [5.74, 6) is 0.201. The maximum absolute atomic E-state index is 13.1. The number of halogens is 1. The highest BCUT2D eigenvalue weighted by molar-refractivity contribution is 7.90. The van der Waals surface area contributed by atoms with Gasteiger partial charge < -0.3 is 15.0 Å². The first-order valence-corrected chi connectivity index (χ1v) is 13.6. The number of nitrogens with zero attached hydrogens (tertiary/aromatic N) is 4. The van der Waals surface area contributed by atoms with Gasteiger partial charge in [0.25, 0.3) is 0 Å². The van der Waals surface area contributed by atoms with Crippen molar-refractivity contribution >= 4 is 49.8 Å². The largest absolute Gasteiger partial charge is 0.479 e. The number of aromatic nitrogens is 2. The average Bonchev–Trinajstić information content (AvgIpc) is 2.89. The van der Waals surface area contributed by atoms with Crippen molar-refractivity contribution in [3.63, 3.8) is 0 Å². The summed E-state index contributed by atoms with van der Waals surface area (Å²) >= 11 is 6.15. The predicted octanol–water partition coefficient (Wildman–Crippen LogP) is 4.61. The zero-order valence-electron chi connectivity index (χ0n) is 20.5. The van der Waals surface area contributed by atoms with E-state index in [2.05, 4.69) is 24.9 Å². The normalized spacial score (nSPS) is 15.0. The average molecular weight is 539 g/mol. The van der Waals surface area contributed by atoms with Crippen LogP contribution in [0, 0.1) is 0 Å². The molecule has 3 heterocycles. The summed E-state index contributed by atoms with van der Waals surface area (Å²) in [5.41, 5.74) is 4.40. The molecule has 2 aromatic carbocycles. The Bertz CT molecular complexity index is 1540. The summed E-state index contributed by atoms with van der Waals surface area (Å²) in [6.45, 7) is 2.18. The van der Waals surface area contributed by atoms with Gasteiger partial charge in [-0.2, -0.15) is 12.7 Å². The van der Waals surface area contributed by atoms with Gasteiger partial charge in [-0.05, 0) is 55.1 Å². The van der Waals surface area contributed by atoms with Crippen molar-refractivity contribution < 1.29 is 13.2 Å². The Hall–Kier alpha value is -3.44. The van der Waals surface area contributed by atoms with Gasteiger partial charge in [0.1, 0.15) is 5.69 Å². The molecule has 0 saturated carbocycles. The SMILES string of the molecule is COc1ncc(-c2ccc3nccc(Nc4cccc(Cl)c4)c3c2)cc1NS(=O)(=O)N1CCN(C)CC1. The van der Waals surface area contributed by atoms with E-state index < -0.39 is 10.2 Å². The Morgan fingerprint density at radius 1 is 0.946 bits per heavy atom. The Morgan fingerprint density at radius 3 is 2.51 bits per heavy atom. The van der Waals surface area contributed by atoms with Crippen LogP contribution in [0.1, 0.15) is 0 Å². The van der Waals surface area contributed by atoms with Crippen LogP contribution in [-0.4, -0.2) is 67.9 Å². The Balaban J connectivity index is 1.48. The van der Waals surface area contributed by atoms with Gasteiger partial charge in [0.05, 0.1) is 12.6 Å². The second-order valence-corrected chi connectivity index (χ2v) is 10.9. The van der Waals surface area contributed by atoms with Crippen molar-refractivity contribution in [1.29, 1.82) is 0 Å². The molecule has 11 heteroatoms. The molecule has 0 atom stereocenters. The molecule has 37 heavy (non-hydrogen) atoms. The van der Waals surface area contributed by atoms with Gasteiger partial charge in [0.2, 0.25) is 5.88 Å². The van der Waals surface area contributed by atoms with E-state index in [0.717, 1.165) is 33.4 Å². The van der Waals surface area contributed by atoms with Crippen LogP contribution in [0.15, 0.2) is 67.0 Å². The lowest BCUT2D eigenvalue weighted by Crippen LogP contribution is -2.48. The van der Waals surface area contributed by atoms with Crippen molar-refractivity contribution in [3.8, 4) is 17.0 Å². The zero-order chi connectivity index (χ0) is 26.0. The lowest BCUT2D eigenvalue weighted by molar-refractivity contribution is 0.223. The fraction of sp³-hybridized carbons (Fsp3) is 0.231. The van der Waals surface area contributed by atoms with E-state index in [1.54, 1.807) is 18.5 Å². The number of likely N-dealkylation sites (N-methyl/N-ethyl adjacent to an activating group) is 1. The first-order chi connectivity index (χ1) is 17.8. The van der Waals surface area contributed by atoms with Crippen LogP contribution in [0.4, 0.5) is 17.1 Å². The van der Waals surface area contributed by atoms with E-state index >= 15 is 0 Å². The molecule has 0 amide bonds. The van der Waals surface area contributed by atoms with E-state index in [-0.39, 0.29) is 11.6 Å². The third-order valence-corrected chi connectivity index (χ3v) is 8.02. The maximum atomic E-state index is 13.1. The van der Waals surface area contributed by atoms with Crippen LogP contribution >= 0.6 is 11.6 Å². The van der Waals surface area contributed by atoms with Crippen molar-refractivity contribution in [1.82, 2.24) is 19.2 Å². The molecule has 2 N–H and O–H groups in total. The number of hydrogen-bond donors (Lipinski definition) is 2. The molecule has 0 aliphatic carbocycles. The van der Waals surface area contributed by atoms with Crippen LogP contribution in [0.5, 0.6) is 5.88 Å². The molecule has 1 saturated heterocycles. The molecule has 0 bridgehead atoms. The molecule has 2 aromatic heterocycles. The minimum absolute atomic E-state index is 0.201. The number of nitrogens with one attached hydrogen (secondary N) is 2. The third-order valence-electron chi connectivity index (χ3n) is 6.26. The number of piperazine rings is 1. The lowest BCUT2D eigenvalue weighted by Gasteiger charge is -2.31. The van der Waals surface area contributed by atoms with Crippen molar-refractivity contribution in [3.05, 3.63) is 72.0 Å². The Kier molecular flexibility index (Phi) is 7.16. The molecule has 9 nitrogen and oxygen atoms in total. The summed E-state index contributed by atoms with van der Waals surface area (Å²) in [6, 6.07) is 17.0. The minimum Gasteiger partial charge on any atom is -0.479 e. The van der Waals surface area contributed by atoms with Crippen molar-refractivity contribution in [2.24, 2.45) is 0 Å². The van der Waals surface area contributed by atoms with E-state index in [1.165, 1.54) is 11.4 Å². The second kappa shape index (κ2) is 10.5. The van der Waals surface area contributed by atoms with Crippen molar-refractivity contribution in [2.45, 2.75) is 0 Å². The standard InChI is InChI=1S/C26H27ClN6O3S/c1-32-10-12-33(13-11-32)37(34,35)31-25-15-19(17-29-26(25)36-2)18-6-7-23-22(14-18)24(8-9-28-23)30-21-5-3-4-20(27)16-21/h3-9,14-17,31H,10-13H2,1-2H3,(H,28,30). The van der Waals surface area contributed by atoms with Crippen LogP contribution in [0.25, 0.3) is 22.0 Å². The summed E-state index contributed by atoms with van der Waals surface area (Å²) in [5, 5.41) is 4.94. The predicted molar refractivity (Wildman–Crippen MR) is 148 cm³/mol. The van der Waals surface area contributed by atoms with Crippen LogP contribution in [0.2, 0.25) is 5.02 Å². The minimum atomic E-state index is -3.76. The van der Waals surface area contributed by atoms with E-state index in [4.69, 9.17) is 16.3 Å². The summed E-state index contributed by atoms with van der Waals surface area (Å²) in [6.07, 6.45) is 3.41. The number of anilines is 3. The first-order valence-electron chi connectivity index (χ1n) is 11.7. The number of pyridine rings is 2. The molecule has 0 unspecified atom stereocenters. The highest BCUT2D eigenvalue weighted by Crippen LogP contribution is 2.33. The zero-order valence-corrected chi connectivity index (χ0v) is 22.1. The fourth-order valence-electron chi connectivity index (χ4n) is 4.23. The van der Waals surface area contributed by atoms with Gasteiger partial charge in [-0.3, -0.25) is 9.71 Å². The molecule has 1 aliphatic rings. The lowest BCUT2D eigenvalue weighted by atomic mass is 10.0. The smallest absolute Gasteiger partial charge is 0.301 e. The van der Waals surface area contributed by atoms with Gasteiger partial charge in [-0.25, -0.2) is 4.98 Å². The van der Waals surface area contributed by atoms with Gasteiger partial charge in [-0.1, -0.05) is 23.7 Å². The number of methoxy groups -OCH3 is 1. The molecule has 1 aliphatic heterocycles. The molecule has 5 rings (SSSR count). The van der Waals surface area contributed by atoms with Crippen LogP contribution in [0.3, 0.4) is 0 Å². The molecule has 0 radical (unpaired) electrons. The van der Waals surface area contributed by atoms with E-state index in [9.17, 15) is 8.42 Å². The van der Waals surface area contributed by atoms with Crippen LogP contribution < -0.4 is 14.8 Å². The molecule has 0 spiro atoms. The molecule has 1 fully saturated rings. The Labute approximate surface area is 221 Å². The molecule has 4 aromatic rings. The third kappa shape index (κ3) is 5.62. The second-order valence-electron chi connectivity index (χ2n) is 8.82. The quantitative estimate of drug-likeness (QED) is 0.354. The van der Waals surface area contributed by atoms with Crippen LogP contribution in [-0.2, 0) is 10.2 Å². The number of rotatable bonds is 7. The number of benzene rings is 2. The number of ether oxygens (including phenoxy) is 1. The summed E-state index contributed by atoms with van der Waals surface area (Å²) in [4.78, 5) is 11.0. The monoisotopic (exact) mass is 538 g/mol. The number of fused-ring (bicyclic) bond motifs is 1. The molecular formula is C26H27ClN6O3S. The first kappa shape index (κ1) is 25.2. The van der Waals surface area contributed by atoms with Crippen molar-refractivity contribution in [2.75, 3.05) is 50.4 Å². The molecular weight excluding hydrogens is 512 g/mol. The summed E-state index contributed by atoms with van der Waals surface area (Å²) in [7, 11) is -0.327. The van der Waals surface area contributed by atoms with Gasteiger partial charge in [0.15, 0.2) is 0 Å². The maximum Gasteiger partial charge on any atom is 0.301 e. The van der Waals surface area contributed by atoms with Gasteiger partial charge in [0, 0.05) is 65.9 Å². The van der Waals surface area contributed by atoms with Gasteiger partial charge in [-0.15, -0.1) is 0 Å². The Morgan fingerprint density at radius 2 is 1.76 bits per heavy atom. The fourth-order valence-corrected chi connectivity index (χ4v) is 5.62. The van der Waals surface area contributed by atoms with Gasteiger partial charge >= 0.3 is 10.2 Å². The summed E-state index contributed by atoms with van der Waals surface area (Å²) < 4.78 is 35.6. The topological polar surface area (TPSA) is 99.7 Å². The van der Waals surface area contributed by atoms with E-state index in [0.29, 0.717) is 31.2 Å². The van der Waals surface area contributed by atoms with E-state index in [1.807, 2.05) is 55.6 Å².